The molecular formula is C8H16O3. The van der Waals surface area contributed by atoms with E-state index in [1.165, 1.54) is 0 Å². The predicted octanol–water partition coefficient (Wildman–Crippen LogP) is 0.814. The van der Waals surface area contributed by atoms with Crippen molar-refractivity contribution in [3.05, 3.63) is 0 Å². The average molecular weight is 160 g/mol. The molecule has 0 aliphatic rings. The molecule has 11 heavy (non-hydrogen) atoms. The van der Waals surface area contributed by atoms with Crippen LogP contribution in [0, 0.1) is 11.8 Å². The number of carbonyl (C=O) groups is 1. The zero-order valence-corrected chi connectivity index (χ0v) is 7.33. The third-order valence-corrected chi connectivity index (χ3v) is 1.71. The number of carbonyl (C=O) groups excluding carboxylic acids is 1. The van der Waals surface area contributed by atoms with Gasteiger partial charge in [0.05, 0.1) is 12.5 Å². The van der Waals surface area contributed by atoms with Gasteiger partial charge in [-0.2, -0.15) is 0 Å². The normalized spacial score (nSPS) is 13.2. The van der Waals surface area contributed by atoms with Gasteiger partial charge in [0.25, 0.3) is 0 Å². The van der Waals surface area contributed by atoms with Crippen LogP contribution in [0.25, 0.3) is 0 Å². The minimum atomic E-state index is -0.228. The topological polar surface area (TPSA) is 46.5 Å². The van der Waals surface area contributed by atoms with Crippen LogP contribution in [0.5, 0.6) is 0 Å². The highest BCUT2D eigenvalue weighted by atomic mass is 16.5. The van der Waals surface area contributed by atoms with Gasteiger partial charge in [0.2, 0.25) is 0 Å². The number of ether oxygens (including phenoxy) is 1. The molecule has 0 amide bonds. The fourth-order valence-electron chi connectivity index (χ4n) is 0.550. The van der Waals surface area contributed by atoms with Crippen LogP contribution < -0.4 is 0 Å². The lowest BCUT2D eigenvalue weighted by atomic mass is 9.99. The van der Waals surface area contributed by atoms with E-state index in [9.17, 15) is 4.79 Å². The van der Waals surface area contributed by atoms with Gasteiger partial charge in [0.1, 0.15) is 6.61 Å². The SMILES string of the molecule is CC(C)[C@H](C)C(=O)OCCO. The average Bonchev–Trinajstić information content (AvgIpc) is 1.98. The van der Waals surface area contributed by atoms with E-state index >= 15 is 0 Å². The van der Waals surface area contributed by atoms with Crippen LogP contribution in [-0.4, -0.2) is 24.3 Å². The van der Waals surface area contributed by atoms with E-state index in [2.05, 4.69) is 0 Å². The first kappa shape index (κ1) is 10.4. The second kappa shape index (κ2) is 5.13. The van der Waals surface area contributed by atoms with Crippen molar-refractivity contribution in [2.45, 2.75) is 20.8 Å². The number of rotatable bonds is 4. The van der Waals surface area contributed by atoms with Crippen molar-refractivity contribution in [3.8, 4) is 0 Å². The van der Waals surface area contributed by atoms with Crippen LogP contribution in [0.4, 0.5) is 0 Å². The molecule has 66 valence electrons. The smallest absolute Gasteiger partial charge is 0.308 e. The van der Waals surface area contributed by atoms with Gasteiger partial charge in [-0.3, -0.25) is 4.79 Å². The van der Waals surface area contributed by atoms with Gasteiger partial charge in [-0.25, -0.2) is 0 Å². The van der Waals surface area contributed by atoms with E-state index in [1.54, 1.807) is 0 Å². The van der Waals surface area contributed by atoms with E-state index < -0.39 is 0 Å². The fourth-order valence-corrected chi connectivity index (χ4v) is 0.550. The molecule has 0 heterocycles. The molecule has 0 aromatic heterocycles. The van der Waals surface area contributed by atoms with Crippen LogP contribution in [0.15, 0.2) is 0 Å². The molecule has 3 nitrogen and oxygen atoms in total. The molecule has 0 rings (SSSR count). The van der Waals surface area contributed by atoms with E-state index in [-0.39, 0.29) is 25.1 Å². The lowest BCUT2D eigenvalue weighted by Gasteiger charge is -2.13. The minimum absolute atomic E-state index is 0.0819. The summed E-state index contributed by atoms with van der Waals surface area (Å²) >= 11 is 0. The van der Waals surface area contributed by atoms with Crippen molar-refractivity contribution in [2.75, 3.05) is 13.2 Å². The quantitative estimate of drug-likeness (QED) is 0.619. The fraction of sp³-hybridized carbons (Fsp3) is 0.875. The molecule has 0 aromatic carbocycles. The second-order valence-corrected chi connectivity index (χ2v) is 2.92. The second-order valence-electron chi connectivity index (χ2n) is 2.92. The van der Waals surface area contributed by atoms with Gasteiger partial charge in [0.15, 0.2) is 0 Å². The third-order valence-electron chi connectivity index (χ3n) is 1.71. The van der Waals surface area contributed by atoms with Crippen molar-refractivity contribution in [1.82, 2.24) is 0 Å². The summed E-state index contributed by atoms with van der Waals surface area (Å²) in [4.78, 5) is 11.0. The highest BCUT2D eigenvalue weighted by molar-refractivity contribution is 5.72. The maximum atomic E-state index is 11.0. The molecular weight excluding hydrogens is 144 g/mol. The lowest BCUT2D eigenvalue weighted by Crippen LogP contribution is -2.20. The maximum absolute atomic E-state index is 11.0. The van der Waals surface area contributed by atoms with Crippen molar-refractivity contribution in [2.24, 2.45) is 11.8 Å². The molecule has 3 heteroatoms. The first-order valence-electron chi connectivity index (χ1n) is 3.87. The zero-order valence-electron chi connectivity index (χ0n) is 7.33. The van der Waals surface area contributed by atoms with E-state index in [0.717, 1.165) is 0 Å². The van der Waals surface area contributed by atoms with Gasteiger partial charge in [-0.1, -0.05) is 20.8 Å². The molecule has 0 saturated heterocycles. The molecule has 0 aliphatic carbocycles. The lowest BCUT2D eigenvalue weighted by molar-refractivity contribution is -0.150. The van der Waals surface area contributed by atoms with Crippen LogP contribution in [0.3, 0.4) is 0 Å². The molecule has 0 aliphatic heterocycles. The molecule has 0 bridgehead atoms. The van der Waals surface area contributed by atoms with Crippen LogP contribution in [-0.2, 0) is 9.53 Å². The monoisotopic (exact) mass is 160 g/mol. The first-order chi connectivity index (χ1) is 5.09. The number of aliphatic hydroxyl groups excluding tert-OH is 1. The Balaban J connectivity index is 3.64. The summed E-state index contributed by atoms with van der Waals surface area (Å²) in [6.07, 6.45) is 0. The molecule has 1 atom stereocenters. The van der Waals surface area contributed by atoms with Crippen molar-refractivity contribution >= 4 is 5.97 Å². The molecule has 0 spiro atoms. The Bertz CT molecular complexity index is 121. The van der Waals surface area contributed by atoms with Gasteiger partial charge < -0.3 is 9.84 Å². The Hall–Kier alpha value is -0.570. The Morgan fingerprint density at radius 2 is 2.00 bits per heavy atom. The Kier molecular flexibility index (Phi) is 4.86. The third kappa shape index (κ3) is 3.98. The summed E-state index contributed by atoms with van der Waals surface area (Å²) in [5.41, 5.74) is 0. The standard InChI is InChI=1S/C8H16O3/c1-6(2)7(3)8(10)11-5-4-9/h6-7,9H,4-5H2,1-3H3/t7-/m0/s1. The molecule has 0 saturated carbocycles. The van der Waals surface area contributed by atoms with Crippen molar-refractivity contribution < 1.29 is 14.6 Å². The summed E-state index contributed by atoms with van der Waals surface area (Å²) < 4.78 is 4.73. The Labute approximate surface area is 67.4 Å². The summed E-state index contributed by atoms with van der Waals surface area (Å²) in [7, 11) is 0. The molecule has 0 aromatic rings. The molecule has 0 fully saturated rings. The van der Waals surface area contributed by atoms with Crippen molar-refractivity contribution in [1.29, 1.82) is 0 Å². The van der Waals surface area contributed by atoms with Crippen LogP contribution in [0.2, 0.25) is 0 Å². The van der Waals surface area contributed by atoms with Gasteiger partial charge in [-0.05, 0) is 5.92 Å². The predicted molar refractivity (Wildman–Crippen MR) is 42.0 cm³/mol. The largest absolute Gasteiger partial charge is 0.463 e. The first-order valence-corrected chi connectivity index (χ1v) is 3.87. The van der Waals surface area contributed by atoms with Crippen molar-refractivity contribution in [3.63, 3.8) is 0 Å². The number of esters is 1. The molecule has 1 N–H and O–H groups in total. The Morgan fingerprint density at radius 1 is 1.45 bits per heavy atom. The highest BCUT2D eigenvalue weighted by Gasteiger charge is 2.17. The summed E-state index contributed by atoms with van der Waals surface area (Å²) in [6.45, 7) is 5.76. The Morgan fingerprint density at radius 3 is 2.36 bits per heavy atom. The van der Waals surface area contributed by atoms with Gasteiger partial charge in [0, 0.05) is 0 Å². The maximum Gasteiger partial charge on any atom is 0.308 e. The van der Waals surface area contributed by atoms with E-state index in [0.29, 0.717) is 5.92 Å². The zero-order chi connectivity index (χ0) is 8.85. The summed E-state index contributed by atoms with van der Waals surface area (Å²) in [5.74, 6) is -0.0169. The van der Waals surface area contributed by atoms with Gasteiger partial charge in [-0.15, -0.1) is 0 Å². The number of aliphatic hydroxyl groups is 1. The number of hydrogen-bond donors (Lipinski definition) is 1. The summed E-state index contributed by atoms with van der Waals surface area (Å²) in [6, 6.07) is 0. The minimum Gasteiger partial charge on any atom is -0.463 e. The number of hydrogen-bond acceptors (Lipinski definition) is 3. The summed E-state index contributed by atoms with van der Waals surface area (Å²) in [5, 5.41) is 8.36. The van der Waals surface area contributed by atoms with E-state index in [4.69, 9.17) is 9.84 Å². The van der Waals surface area contributed by atoms with Crippen LogP contribution in [0.1, 0.15) is 20.8 Å². The van der Waals surface area contributed by atoms with Crippen LogP contribution >= 0.6 is 0 Å². The van der Waals surface area contributed by atoms with Gasteiger partial charge >= 0.3 is 5.97 Å². The molecule has 0 radical (unpaired) electrons. The van der Waals surface area contributed by atoms with E-state index in [1.807, 2.05) is 20.8 Å². The highest BCUT2D eigenvalue weighted by Crippen LogP contribution is 2.10. The molecule has 0 unspecified atom stereocenters.